The van der Waals surface area contributed by atoms with E-state index in [0.717, 1.165) is 0 Å². The highest BCUT2D eigenvalue weighted by Gasteiger charge is 2.19. The molecule has 0 aliphatic carbocycles. The van der Waals surface area contributed by atoms with E-state index in [2.05, 4.69) is 21.2 Å². The third-order valence-corrected chi connectivity index (χ3v) is 4.53. The minimum Gasteiger partial charge on any atom is -0.495 e. The Morgan fingerprint density at radius 2 is 1.33 bits per heavy atom. The number of hydrogen-bond acceptors (Lipinski definition) is 6. The van der Waals surface area contributed by atoms with Crippen molar-refractivity contribution in [3.63, 3.8) is 0 Å². The van der Waals surface area contributed by atoms with Crippen LogP contribution in [-0.4, -0.2) is 40.3 Å². The Balaban J connectivity index is 2.47. The molecule has 0 atom stereocenters. The summed E-state index contributed by atoms with van der Waals surface area (Å²) in [6, 6.07) is 5.93. The average Bonchev–Trinajstić information content (AvgIpc) is 2.67. The highest BCUT2D eigenvalue weighted by atomic mass is 79.9. The van der Waals surface area contributed by atoms with E-state index in [1.807, 2.05) is 0 Å². The lowest BCUT2D eigenvalue weighted by Crippen LogP contribution is -2.19. The molecule has 144 valence electrons. The number of halogens is 1. The number of carbonyl (C=O) groups excluding carboxylic acids is 2. The average molecular weight is 439 g/mol. The Morgan fingerprint density at radius 1 is 0.852 bits per heavy atom. The molecule has 3 N–H and O–H groups in total. The van der Waals surface area contributed by atoms with Crippen LogP contribution in [0.2, 0.25) is 0 Å². The van der Waals surface area contributed by atoms with E-state index in [0.29, 0.717) is 27.5 Å². The summed E-state index contributed by atoms with van der Waals surface area (Å²) < 4.78 is 21.4. The van der Waals surface area contributed by atoms with Gasteiger partial charge in [-0.05, 0) is 34.1 Å². The maximum atomic E-state index is 12.7. The highest BCUT2D eigenvalue weighted by molar-refractivity contribution is 9.10. The number of rotatable bonds is 7. The van der Waals surface area contributed by atoms with Crippen molar-refractivity contribution in [3.8, 4) is 23.0 Å². The van der Waals surface area contributed by atoms with Crippen LogP contribution in [0.4, 0.5) is 5.69 Å². The lowest BCUT2D eigenvalue weighted by Gasteiger charge is -2.15. The smallest absolute Gasteiger partial charge is 0.255 e. The first-order chi connectivity index (χ1) is 12.9. The van der Waals surface area contributed by atoms with Crippen LogP contribution in [0.25, 0.3) is 0 Å². The fraction of sp³-hybridized carbons (Fsp3) is 0.222. The minimum absolute atomic E-state index is 0.0806. The Labute approximate surface area is 164 Å². The van der Waals surface area contributed by atoms with Crippen molar-refractivity contribution in [2.24, 2.45) is 5.73 Å². The molecule has 0 unspecified atom stereocenters. The maximum Gasteiger partial charge on any atom is 0.255 e. The molecule has 2 amide bonds. The second-order valence-electron chi connectivity index (χ2n) is 5.27. The zero-order valence-corrected chi connectivity index (χ0v) is 16.8. The monoisotopic (exact) mass is 438 g/mol. The van der Waals surface area contributed by atoms with Gasteiger partial charge < -0.3 is 30.0 Å². The fourth-order valence-electron chi connectivity index (χ4n) is 2.38. The van der Waals surface area contributed by atoms with Crippen molar-refractivity contribution in [2.45, 2.75) is 0 Å². The van der Waals surface area contributed by atoms with Crippen molar-refractivity contribution in [1.82, 2.24) is 0 Å². The summed E-state index contributed by atoms with van der Waals surface area (Å²) in [5.41, 5.74) is 5.95. The van der Waals surface area contributed by atoms with Crippen LogP contribution in [0.1, 0.15) is 20.7 Å². The number of nitrogens with two attached hydrogens (primary N) is 1. The Bertz CT molecular complexity index is 859. The van der Waals surface area contributed by atoms with Gasteiger partial charge in [0.1, 0.15) is 16.0 Å². The number of methoxy groups -OCH3 is 4. The molecule has 2 rings (SSSR count). The van der Waals surface area contributed by atoms with E-state index in [9.17, 15) is 9.59 Å². The van der Waals surface area contributed by atoms with Crippen LogP contribution in [-0.2, 0) is 0 Å². The van der Waals surface area contributed by atoms with Gasteiger partial charge >= 0.3 is 0 Å². The van der Waals surface area contributed by atoms with Gasteiger partial charge in [-0.2, -0.15) is 0 Å². The molecule has 0 aromatic heterocycles. The molecule has 2 aromatic rings. The first-order valence-corrected chi connectivity index (χ1v) is 8.44. The zero-order valence-electron chi connectivity index (χ0n) is 15.2. The predicted octanol–water partition coefficient (Wildman–Crippen LogP) is 2.83. The van der Waals surface area contributed by atoms with Crippen LogP contribution >= 0.6 is 15.9 Å². The first kappa shape index (κ1) is 20.4. The van der Waals surface area contributed by atoms with Crippen molar-refractivity contribution >= 4 is 33.4 Å². The summed E-state index contributed by atoms with van der Waals surface area (Å²) in [6.07, 6.45) is 0. The van der Waals surface area contributed by atoms with Crippen LogP contribution in [0.15, 0.2) is 28.7 Å². The fourth-order valence-corrected chi connectivity index (χ4v) is 2.93. The molecule has 0 spiro atoms. The van der Waals surface area contributed by atoms with Gasteiger partial charge in [-0.1, -0.05) is 0 Å². The summed E-state index contributed by atoms with van der Waals surface area (Å²) in [4.78, 5) is 24.5. The molecule has 0 aliphatic heterocycles. The van der Waals surface area contributed by atoms with Crippen molar-refractivity contribution in [2.75, 3.05) is 33.8 Å². The lowest BCUT2D eigenvalue weighted by molar-refractivity contribution is 0.100. The number of amides is 2. The van der Waals surface area contributed by atoms with Crippen molar-refractivity contribution in [3.05, 3.63) is 39.9 Å². The molecule has 0 saturated heterocycles. The van der Waals surface area contributed by atoms with Crippen molar-refractivity contribution < 1.29 is 28.5 Å². The largest absolute Gasteiger partial charge is 0.495 e. The molecule has 0 heterocycles. The van der Waals surface area contributed by atoms with Crippen LogP contribution in [0.5, 0.6) is 23.0 Å². The molecule has 9 heteroatoms. The van der Waals surface area contributed by atoms with E-state index >= 15 is 0 Å². The van der Waals surface area contributed by atoms with Crippen LogP contribution in [0.3, 0.4) is 0 Å². The Morgan fingerprint density at radius 3 is 1.78 bits per heavy atom. The van der Waals surface area contributed by atoms with Crippen LogP contribution < -0.4 is 30.0 Å². The van der Waals surface area contributed by atoms with Crippen LogP contribution in [0, 0.1) is 0 Å². The van der Waals surface area contributed by atoms with Gasteiger partial charge in [0.05, 0.1) is 39.7 Å². The van der Waals surface area contributed by atoms with E-state index < -0.39 is 11.8 Å². The molecule has 2 aromatic carbocycles. The van der Waals surface area contributed by atoms with Crippen molar-refractivity contribution in [1.29, 1.82) is 0 Å². The molecular weight excluding hydrogens is 420 g/mol. The van der Waals surface area contributed by atoms with Gasteiger partial charge in [0.2, 0.25) is 0 Å². The minimum atomic E-state index is -0.725. The molecule has 0 bridgehead atoms. The molecule has 8 nitrogen and oxygen atoms in total. The van der Waals surface area contributed by atoms with Gasteiger partial charge in [-0.15, -0.1) is 0 Å². The van der Waals surface area contributed by atoms with E-state index in [4.69, 9.17) is 24.7 Å². The number of benzene rings is 2. The Hall–Kier alpha value is -2.94. The van der Waals surface area contributed by atoms with E-state index in [1.54, 1.807) is 0 Å². The number of carbonyl (C=O) groups is 2. The van der Waals surface area contributed by atoms with E-state index in [1.165, 1.54) is 52.7 Å². The molecule has 0 aliphatic rings. The quantitative estimate of drug-likeness (QED) is 0.687. The van der Waals surface area contributed by atoms with Gasteiger partial charge in [0.15, 0.2) is 11.5 Å². The maximum absolute atomic E-state index is 12.7. The molecule has 27 heavy (non-hydrogen) atoms. The van der Waals surface area contributed by atoms with Gasteiger partial charge in [-0.25, -0.2) is 0 Å². The molecule has 0 radical (unpaired) electrons. The van der Waals surface area contributed by atoms with E-state index in [-0.39, 0.29) is 16.8 Å². The second-order valence-corrected chi connectivity index (χ2v) is 6.06. The third-order valence-electron chi connectivity index (χ3n) is 3.75. The highest BCUT2D eigenvalue weighted by Crippen LogP contribution is 2.37. The number of nitrogens with one attached hydrogen (secondary N) is 1. The number of hydrogen-bond donors (Lipinski definition) is 2. The Kier molecular flexibility index (Phi) is 6.51. The number of primary amides is 1. The molecule has 0 fully saturated rings. The SMILES string of the molecule is COc1cc(NC(=O)c2cc(OC)c(Br)c(OC)c2)c(C(N)=O)cc1OC. The number of ether oxygens (including phenoxy) is 4. The van der Waals surface area contributed by atoms with Gasteiger partial charge in [0, 0.05) is 11.6 Å². The summed E-state index contributed by atoms with van der Waals surface area (Å²) in [7, 11) is 5.82. The topological polar surface area (TPSA) is 109 Å². The molecular formula is C18H19BrN2O6. The van der Waals surface area contributed by atoms with Gasteiger partial charge in [-0.3, -0.25) is 9.59 Å². The summed E-state index contributed by atoms with van der Waals surface area (Å²) >= 11 is 3.34. The third kappa shape index (κ3) is 4.25. The second kappa shape index (κ2) is 8.63. The summed E-state index contributed by atoms with van der Waals surface area (Å²) in [6.45, 7) is 0. The predicted molar refractivity (Wildman–Crippen MR) is 103 cm³/mol. The lowest BCUT2D eigenvalue weighted by atomic mass is 10.1. The summed E-state index contributed by atoms with van der Waals surface area (Å²) in [5.74, 6) is 0.273. The first-order valence-electron chi connectivity index (χ1n) is 7.64. The summed E-state index contributed by atoms with van der Waals surface area (Å²) in [5, 5.41) is 2.65. The van der Waals surface area contributed by atoms with Gasteiger partial charge in [0.25, 0.3) is 11.8 Å². The zero-order chi connectivity index (χ0) is 20.1. The molecule has 0 saturated carbocycles. The normalized spacial score (nSPS) is 10.1. The number of anilines is 1. The standard InChI is InChI=1S/C18H19BrN2O6/c1-24-12-7-10(17(20)22)11(8-13(12)25-2)21-18(23)9-5-14(26-3)16(19)15(6-9)27-4/h5-8H,1-4H3,(H2,20,22)(H,21,23).